The lowest BCUT2D eigenvalue weighted by Gasteiger charge is -2.10. The molecule has 0 amide bonds. The van der Waals surface area contributed by atoms with Gasteiger partial charge in [-0.15, -0.1) is 0 Å². The van der Waals surface area contributed by atoms with Crippen LogP contribution in [-0.4, -0.2) is 29.7 Å². The number of rotatable bonds is 8. The quantitative estimate of drug-likeness (QED) is 0.528. The molecule has 0 aliphatic rings. The molecule has 2 rings (SSSR count). The Bertz CT molecular complexity index is 723. The lowest BCUT2D eigenvalue weighted by atomic mass is 10.2. The highest BCUT2D eigenvalue weighted by atomic mass is 35.5. The van der Waals surface area contributed by atoms with Crippen molar-refractivity contribution < 1.29 is 19.1 Å². The molecule has 0 unspecified atom stereocenters. The molecule has 0 spiro atoms. The van der Waals surface area contributed by atoms with Crippen LogP contribution in [0.4, 0.5) is 0 Å². The molecule has 0 atom stereocenters. The van der Waals surface area contributed by atoms with Crippen molar-refractivity contribution in [1.82, 2.24) is 4.57 Å². The Hall–Kier alpha value is -2.01. The average Bonchev–Trinajstić information content (AvgIpc) is 2.92. The van der Waals surface area contributed by atoms with Crippen molar-refractivity contribution in [1.29, 1.82) is 0 Å². The molecular formula is C18H22ClNO4. The van der Waals surface area contributed by atoms with E-state index in [1.165, 1.54) is 0 Å². The van der Waals surface area contributed by atoms with Gasteiger partial charge in [0, 0.05) is 23.4 Å². The van der Waals surface area contributed by atoms with E-state index >= 15 is 0 Å². The topological polar surface area (TPSA) is 57.5 Å². The standard InChI is InChI=1S/C18H22ClNO4/c1-3-23-17(21)10-5-6-11-20-15-9-7-8-14(19)13(15)12-16(20)18(22)24-4-2/h7-9,12H,3-6,10-11H2,1-2H3. The lowest BCUT2D eigenvalue weighted by molar-refractivity contribution is -0.143. The van der Waals surface area contributed by atoms with E-state index in [9.17, 15) is 9.59 Å². The van der Waals surface area contributed by atoms with Crippen LogP contribution in [0, 0.1) is 0 Å². The van der Waals surface area contributed by atoms with E-state index in [-0.39, 0.29) is 11.9 Å². The second-order valence-corrected chi connectivity index (χ2v) is 5.74. The number of nitrogens with zero attached hydrogens (tertiary/aromatic N) is 1. The van der Waals surface area contributed by atoms with E-state index in [2.05, 4.69) is 0 Å². The van der Waals surface area contributed by atoms with E-state index in [4.69, 9.17) is 21.1 Å². The van der Waals surface area contributed by atoms with Crippen LogP contribution in [0.5, 0.6) is 0 Å². The summed E-state index contributed by atoms with van der Waals surface area (Å²) < 4.78 is 12.0. The molecule has 0 bridgehead atoms. The fraction of sp³-hybridized carbons (Fsp3) is 0.444. The summed E-state index contributed by atoms with van der Waals surface area (Å²) in [5, 5.41) is 1.43. The van der Waals surface area contributed by atoms with Gasteiger partial charge < -0.3 is 14.0 Å². The number of halogens is 1. The maximum atomic E-state index is 12.2. The first-order valence-electron chi connectivity index (χ1n) is 8.19. The van der Waals surface area contributed by atoms with Gasteiger partial charge in [-0.05, 0) is 44.9 Å². The van der Waals surface area contributed by atoms with Gasteiger partial charge in [-0.2, -0.15) is 0 Å². The monoisotopic (exact) mass is 351 g/mol. The van der Waals surface area contributed by atoms with Crippen LogP contribution in [0.1, 0.15) is 43.6 Å². The first-order chi connectivity index (χ1) is 11.6. The Morgan fingerprint density at radius 1 is 1.12 bits per heavy atom. The second-order valence-electron chi connectivity index (χ2n) is 5.34. The van der Waals surface area contributed by atoms with Gasteiger partial charge in [0.05, 0.1) is 18.7 Å². The summed E-state index contributed by atoms with van der Waals surface area (Å²) in [6, 6.07) is 7.34. The number of hydrogen-bond donors (Lipinski definition) is 0. The second kappa shape index (κ2) is 8.73. The lowest BCUT2D eigenvalue weighted by Crippen LogP contribution is -2.12. The third kappa shape index (κ3) is 4.29. The molecule has 0 aliphatic heterocycles. The van der Waals surface area contributed by atoms with Gasteiger partial charge in [-0.3, -0.25) is 4.79 Å². The van der Waals surface area contributed by atoms with Crippen molar-refractivity contribution in [3.05, 3.63) is 35.0 Å². The highest BCUT2D eigenvalue weighted by Gasteiger charge is 2.17. The average molecular weight is 352 g/mol. The molecule has 0 aliphatic carbocycles. The van der Waals surface area contributed by atoms with Gasteiger partial charge in [0.1, 0.15) is 5.69 Å². The van der Waals surface area contributed by atoms with Crippen molar-refractivity contribution in [3.63, 3.8) is 0 Å². The zero-order chi connectivity index (χ0) is 17.5. The highest BCUT2D eigenvalue weighted by molar-refractivity contribution is 6.35. The molecule has 0 radical (unpaired) electrons. The SMILES string of the molecule is CCOC(=O)CCCCn1c(C(=O)OCC)cc2c(Cl)cccc21. The molecule has 1 aromatic heterocycles. The summed E-state index contributed by atoms with van der Waals surface area (Å²) in [7, 11) is 0. The fourth-order valence-corrected chi connectivity index (χ4v) is 2.86. The number of carbonyl (C=O) groups excluding carboxylic acids is 2. The Morgan fingerprint density at radius 3 is 2.58 bits per heavy atom. The summed E-state index contributed by atoms with van der Waals surface area (Å²) in [5.74, 6) is -0.557. The molecule has 24 heavy (non-hydrogen) atoms. The number of fused-ring (bicyclic) bond motifs is 1. The maximum absolute atomic E-state index is 12.2. The minimum Gasteiger partial charge on any atom is -0.466 e. The van der Waals surface area contributed by atoms with Crippen LogP contribution in [0.15, 0.2) is 24.3 Å². The van der Waals surface area contributed by atoms with Gasteiger partial charge >= 0.3 is 11.9 Å². The molecule has 0 N–H and O–H groups in total. The summed E-state index contributed by atoms with van der Waals surface area (Å²) in [4.78, 5) is 23.6. The zero-order valence-corrected chi connectivity index (χ0v) is 14.8. The number of ether oxygens (including phenoxy) is 2. The summed E-state index contributed by atoms with van der Waals surface area (Å²) in [6.45, 7) is 4.89. The van der Waals surface area contributed by atoms with Crippen molar-refractivity contribution in [2.24, 2.45) is 0 Å². The molecule has 0 saturated carbocycles. The number of unbranched alkanes of at least 4 members (excludes halogenated alkanes) is 1. The normalized spacial score (nSPS) is 10.8. The van der Waals surface area contributed by atoms with E-state index in [0.717, 1.165) is 17.3 Å². The van der Waals surface area contributed by atoms with E-state index in [1.807, 2.05) is 16.7 Å². The number of benzene rings is 1. The molecule has 1 aromatic carbocycles. The maximum Gasteiger partial charge on any atom is 0.354 e. The Kier molecular flexibility index (Phi) is 6.67. The number of hydrogen-bond acceptors (Lipinski definition) is 4. The largest absolute Gasteiger partial charge is 0.466 e. The van der Waals surface area contributed by atoms with Crippen LogP contribution in [0.2, 0.25) is 5.02 Å². The molecule has 1 heterocycles. The van der Waals surface area contributed by atoms with Crippen molar-refractivity contribution in [2.45, 2.75) is 39.7 Å². The van der Waals surface area contributed by atoms with Crippen LogP contribution in [-0.2, 0) is 20.8 Å². The van der Waals surface area contributed by atoms with Crippen molar-refractivity contribution >= 4 is 34.4 Å². The molecule has 130 valence electrons. The van der Waals surface area contributed by atoms with Crippen LogP contribution >= 0.6 is 11.6 Å². The Labute approximate surface area is 146 Å². The molecule has 6 heteroatoms. The zero-order valence-electron chi connectivity index (χ0n) is 14.0. The predicted molar refractivity (Wildman–Crippen MR) is 93.4 cm³/mol. The third-order valence-electron chi connectivity index (χ3n) is 3.70. The van der Waals surface area contributed by atoms with Gasteiger partial charge in [0.2, 0.25) is 0 Å². The molecule has 2 aromatic rings. The van der Waals surface area contributed by atoms with Gasteiger partial charge in [-0.25, -0.2) is 4.79 Å². The Morgan fingerprint density at radius 2 is 1.88 bits per heavy atom. The third-order valence-corrected chi connectivity index (χ3v) is 4.02. The number of aryl methyl sites for hydroxylation is 1. The minimum atomic E-state index is -0.366. The van der Waals surface area contributed by atoms with Gasteiger partial charge in [-0.1, -0.05) is 17.7 Å². The van der Waals surface area contributed by atoms with Gasteiger partial charge in [0.15, 0.2) is 0 Å². The smallest absolute Gasteiger partial charge is 0.354 e. The van der Waals surface area contributed by atoms with Gasteiger partial charge in [0.25, 0.3) is 0 Å². The van der Waals surface area contributed by atoms with Crippen molar-refractivity contribution in [2.75, 3.05) is 13.2 Å². The number of esters is 2. The molecule has 0 fully saturated rings. The summed E-state index contributed by atoms with van der Waals surface area (Å²) in [5.41, 5.74) is 1.37. The molecular weight excluding hydrogens is 330 g/mol. The molecule has 0 saturated heterocycles. The number of aromatic nitrogens is 1. The fourth-order valence-electron chi connectivity index (χ4n) is 2.64. The summed E-state index contributed by atoms with van der Waals surface area (Å²) >= 11 is 6.24. The van der Waals surface area contributed by atoms with E-state index in [1.54, 1.807) is 26.0 Å². The molecule has 5 nitrogen and oxygen atoms in total. The van der Waals surface area contributed by atoms with Crippen LogP contribution < -0.4 is 0 Å². The summed E-state index contributed by atoms with van der Waals surface area (Å²) in [6.07, 6.45) is 1.82. The van der Waals surface area contributed by atoms with E-state index in [0.29, 0.717) is 43.3 Å². The minimum absolute atomic E-state index is 0.191. The first-order valence-corrected chi connectivity index (χ1v) is 8.56. The van der Waals surface area contributed by atoms with Crippen LogP contribution in [0.3, 0.4) is 0 Å². The van der Waals surface area contributed by atoms with Crippen LogP contribution in [0.25, 0.3) is 10.9 Å². The van der Waals surface area contributed by atoms with Crippen molar-refractivity contribution in [3.8, 4) is 0 Å². The first kappa shape index (κ1) is 18.3. The van der Waals surface area contributed by atoms with E-state index < -0.39 is 0 Å². The highest BCUT2D eigenvalue weighted by Crippen LogP contribution is 2.28. The number of carbonyl (C=O) groups is 2. The Balaban J connectivity index is 2.17. The predicted octanol–water partition coefficient (Wildman–Crippen LogP) is 4.20.